The molecule has 3 rings (SSSR count). The number of hydrogen-bond acceptors (Lipinski definition) is 3. The van der Waals surface area contributed by atoms with Crippen molar-refractivity contribution in [1.29, 1.82) is 0 Å². The van der Waals surface area contributed by atoms with E-state index in [9.17, 15) is 9.70 Å². The van der Waals surface area contributed by atoms with Gasteiger partial charge in [-0.25, -0.2) is 5.01 Å². The Morgan fingerprint density at radius 1 is 1.19 bits per heavy atom. The molecule has 1 aromatic rings. The van der Waals surface area contributed by atoms with E-state index in [0.29, 0.717) is 5.78 Å². The standard InChI is InChI=1S/C17H22N2O2/c1-2-13-16(12-8-4-3-5-9-12)19(18-21)15-11-7-6-10-14(15)17(13)20/h3-5,8-9,13-16H,2,6-7,10-11H2,1H3/t13-,14?,15?,16-/m0/s1. The average molecular weight is 286 g/mol. The first-order chi connectivity index (χ1) is 10.3. The second kappa shape index (κ2) is 5.96. The predicted molar refractivity (Wildman–Crippen MR) is 81.4 cm³/mol. The number of rotatable bonds is 3. The van der Waals surface area contributed by atoms with Crippen LogP contribution in [0.4, 0.5) is 0 Å². The summed E-state index contributed by atoms with van der Waals surface area (Å²) in [6.07, 6.45) is 4.74. The zero-order valence-corrected chi connectivity index (χ0v) is 12.4. The molecule has 0 spiro atoms. The van der Waals surface area contributed by atoms with Crippen LogP contribution in [0.1, 0.15) is 50.6 Å². The molecule has 1 saturated carbocycles. The quantitative estimate of drug-likeness (QED) is 0.792. The maximum absolute atomic E-state index is 12.9. The minimum Gasteiger partial charge on any atom is -0.299 e. The first kappa shape index (κ1) is 14.2. The molecule has 21 heavy (non-hydrogen) atoms. The number of nitroso groups, excluding NO2 is 1. The number of fused-ring (bicyclic) bond motifs is 1. The van der Waals surface area contributed by atoms with Crippen LogP contribution < -0.4 is 0 Å². The number of Topliss-reactive ketones (excluding diaryl/α,β-unsaturated/α-hetero) is 1. The largest absolute Gasteiger partial charge is 0.299 e. The molecule has 4 atom stereocenters. The molecule has 1 heterocycles. The molecule has 0 N–H and O–H groups in total. The molecule has 1 aliphatic carbocycles. The van der Waals surface area contributed by atoms with Gasteiger partial charge >= 0.3 is 0 Å². The minimum absolute atomic E-state index is 0.00126. The van der Waals surface area contributed by atoms with E-state index in [4.69, 9.17) is 0 Å². The van der Waals surface area contributed by atoms with Gasteiger partial charge in [-0.05, 0) is 24.8 Å². The van der Waals surface area contributed by atoms with Crippen molar-refractivity contribution in [2.24, 2.45) is 17.1 Å². The Bertz CT molecular complexity index is 517. The molecule has 1 aliphatic heterocycles. The number of ketones is 1. The Morgan fingerprint density at radius 2 is 1.90 bits per heavy atom. The molecule has 2 aliphatic rings. The highest BCUT2D eigenvalue weighted by molar-refractivity contribution is 5.86. The lowest BCUT2D eigenvalue weighted by molar-refractivity contribution is -0.142. The molecule has 2 unspecified atom stereocenters. The lowest BCUT2D eigenvalue weighted by Gasteiger charge is -2.48. The van der Waals surface area contributed by atoms with Crippen molar-refractivity contribution in [2.75, 3.05) is 0 Å². The first-order valence-electron chi connectivity index (χ1n) is 7.98. The van der Waals surface area contributed by atoms with Crippen LogP contribution in [-0.2, 0) is 4.79 Å². The van der Waals surface area contributed by atoms with Crippen molar-refractivity contribution < 1.29 is 4.79 Å². The fourth-order valence-electron chi connectivity index (χ4n) is 4.15. The molecule has 0 aromatic heterocycles. The van der Waals surface area contributed by atoms with Crippen molar-refractivity contribution in [3.05, 3.63) is 40.8 Å². The van der Waals surface area contributed by atoms with Crippen molar-refractivity contribution in [2.45, 2.75) is 51.1 Å². The van der Waals surface area contributed by atoms with E-state index in [0.717, 1.165) is 37.7 Å². The third kappa shape index (κ3) is 2.37. The highest BCUT2D eigenvalue weighted by Gasteiger charge is 2.49. The molecular formula is C17H22N2O2. The number of carbonyl (C=O) groups is 1. The summed E-state index contributed by atoms with van der Waals surface area (Å²) in [5.41, 5.74) is 1.03. The molecule has 0 radical (unpaired) electrons. The van der Waals surface area contributed by atoms with Crippen LogP contribution in [0.25, 0.3) is 0 Å². The van der Waals surface area contributed by atoms with Crippen LogP contribution in [0.15, 0.2) is 35.6 Å². The van der Waals surface area contributed by atoms with Crippen LogP contribution in [0.5, 0.6) is 0 Å². The summed E-state index contributed by atoms with van der Waals surface area (Å²) < 4.78 is 0. The second-order valence-corrected chi connectivity index (χ2v) is 6.19. The summed E-state index contributed by atoms with van der Waals surface area (Å²) in [4.78, 5) is 24.4. The Morgan fingerprint density at radius 3 is 2.57 bits per heavy atom. The molecule has 4 heteroatoms. The van der Waals surface area contributed by atoms with Crippen molar-refractivity contribution >= 4 is 5.78 Å². The highest BCUT2D eigenvalue weighted by Crippen LogP contribution is 2.45. The third-order valence-corrected chi connectivity index (χ3v) is 5.14. The van der Waals surface area contributed by atoms with Gasteiger partial charge in [0.2, 0.25) is 0 Å². The van der Waals surface area contributed by atoms with Crippen molar-refractivity contribution in [1.82, 2.24) is 5.01 Å². The molecule has 0 amide bonds. The van der Waals surface area contributed by atoms with E-state index >= 15 is 0 Å². The van der Waals surface area contributed by atoms with Gasteiger partial charge in [0.25, 0.3) is 0 Å². The van der Waals surface area contributed by atoms with Crippen LogP contribution in [0.3, 0.4) is 0 Å². The zero-order valence-electron chi connectivity index (χ0n) is 12.4. The van der Waals surface area contributed by atoms with Crippen LogP contribution >= 0.6 is 0 Å². The smallest absolute Gasteiger partial charge is 0.143 e. The number of nitrogens with zero attached hydrogens (tertiary/aromatic N) is 2. The Kier molecular flexibility index (Phi) is 4.04. The molecule has 112 valence electrons. The zero-order chi connectivity index (χ0) is 14.8. The molecule has 2 fully saturated rings. The maximum Gasteiger partial charge on any atom is 0.143 e. The molecule has 4 nitrogen and oxygen atoms in total. The maximum atomic E-state index is 12.9. The van der Waals surface area contributed by atoms with Gasteiger partial charge in [-0.1, -0.05) is 50.1 Å². The Hall–Kier alpha value is -1.71. The molecule has 1 saturated heterocycles. The van der Waals surface area contributed by atoms with Crippen molar-refractivity contribution in [3.8, 4) is 0 Å². The van der Waals surface area contributed by atoms with Gasteiger partial charge in [0.1, 0.15) is 5.78 Å². The Balaban J connectivity index is 2.02. The van der Waals surface area contributed by atoms with E-state index < -0.39 is 0 Å². The van der Waals surface area contributed by atoms with E-state index in [2.05, 4.69) is 5.29 Å². The SMILES string of the molecule is CC[C@@H]1C(=O)C2CCCCC2N(N=O)[C@H]1c1ccccc1. The van der Waals surface area contributed by atoms with Gasteiger partial charge in [0, 0.05) is 11.8 Å². The molecular weight excluding hydrogens is 264 g/mol. The lowest BCUT2D eigenvalue weighted by atomic mass is 9.70. The van der Waals surface area contributed by atoms with E-state index in [-0.39, 0.29) is 23.9 Å². The van der Waals surface area contributed by atoms with Gasteiger partial charge in [-0.3, -0.25) is 4.79 Å². The van der Waals surface area contributed by atoms with E-state index in [1.54, 1.807) is 5.01 Å². The van der Waals surface area contributed by atoms with Crippen LogP contribution in [-0.4, -0.2) is 16.8 Å². The first-order valence-corrected chi connectivity index (χ1v) is 7.98. The van der Waals surface area contributed by atoms with Gasteiger partial charge in [0.15, 0.2) is 0 Å². The van der Waals surface area contributed by atoms with Gasteiger partial charge in [-0.15, -0.1) is 4.91 Å². The highest BCUT2D eigenvalue weighted by atomic mass is 16.3. The summed E-state index contributed by atoms with van der Waals surface area (Å²) in [5.74, 6) is 0.224. The average Bonchev–Trinajstić information content (AvgIpc) is 2.55. The minimum atomic E-state index is -0.194. The summed E-state index contributed by atoms with van der Waals surface area (Å²) in [6.45, 7) is 2.03. The second-order valence-electron chi connectivity index (χ2n) is 6.19. The topological polar surface area (TPSA) is 49.7 Å². The summed E-state index contributed by atoms with van der Waals surface area (Å²) in [6, 6.07) is 9.68. The number of carbonyl (C=O) groups excluding carboxylic acids is 1. The van der Waals surface area contributed by atoms with Gasteiger partial charge in [0.05, 0.1) is 17.4 Å². The molecule has 1 aromatic carbocycles. The van der Waals surface area contributed by atoms with Crippen LogP contribution in [0, 0.1) is 16.7 Å². The number of hydrogen-bond donors (Lipinski definition) is 0. The lowest BCUT2D eigenvalue weighted by Crippen LogP contribution is -2.54. The monoisotopic (exact) mass is 286 g/mol. The fraction of sp³-hybridized carbons (Fsp3) is 0.588. The fourth-order valence-corrected chi connectivity index (χ4v) is 4.15. The van der Waals surface area contributed by atoms with Crippen molar-refractivity contribution in [3.63, 3.8) is 0 Å². The van der Waals surface area contributed by atoms with E-state index in [1.165, 1.54) is 0 Å². The van der Waals surface area contributed by atoms with Gasteiger partial charge < -0.3 is 0 Å². The van der Waals surface area contributed by atoms with E-state index in [1.807, 2.05) is 37.3 Å². The third-order valence-electron chi connectivity index (χ3n) is 5.14. The molecule has 0 bridgehead atoms. The summed E-state index contributed by atoms with van der Waals surface area (Å²) >= 11 is 0. The Labute approximate surface area is 125 Å². The predicted octanol–water partition coefficient (Wildman–Crippen LogP) is 3.88. The summed E-state index contributed by atoms with van der Waals surface area (Å²) in [7, 11) is 0. The number of benzene rings is 1. The van der Waals surface area contributed by atoms with Gasteiger partial charge in [-0.2, -0.15) is 0 Å². The number of piperidine rings is 1. The van der Waals surface area contributed by atoms with Crippen LogP contribution in [0.2, 0.25) is 0 Å². The normalized spacial score (nSPS) is 32.6. The summed E-state index contributed by atoms with van der Waals surface area (Å²) in [5, 5.41) is 5.06.